The molecule has 0 spiro atoms. The van der Waals surface area contributed by atoms with Crippen LogP contribution in [0.1, 0.15) is 21.8 Å². The zero-order valence-corrected chi connectivity index (χ0v) is 12.2. The number of benzene rings is 2. The highest BCUT2D eigenvalue weighted by Gasteiger charge is 2.30. The van der Waals surface area contributed by atoms with Crippen LogP contribution in [0.15, 0.2) is 47.4 Å². The highest BCUT2D eigenvalue weighted by molar-refractivity contribution is 7.99. The summed E-state index contributed by atoms with van der Waals surface area (Å²) >= 11 is 1.75. The Hall–Kier alpha value is -1.94. The molecule has 2 aliphatic heterocycles. The Balaban J connectivity index is 1.67. The highest BCUT2D eigenvalue weighted by atomic mass is 32.2. The molecule has 0 saturated heterocycles. The first-order chi connectivity index (χ1) is 10.3. The van der Waals surface area contributed by atoms with Crippen molar-refractivity contribution < 1.29 is 14.3 Å². The molecule has 4 rings (SSSR count). The second-order valence-corrected chi connectivity index (χ2v) is 6.19. The number of Topliss-reactive ketones (excluding diaryl/α,β-unsaturated/α-hetero) is 1. The number of thioether (sulfide) groups is 1. The van der Waals surface area contributed by atoms with Crippen LogP contribution in [-0.2, 0) is 0 Å². The minimum absolute atomic E-state index is 0.0613. The minimum Gasteiger partial charge on any atom is -0.486 e. The fourth-order valence-electron chi connectivity index (χ4n) is 2.78. The third-order valence-electron chi connectivity index (χ3n) is 3.84. The normalized spacial score (nSPS) is 19.1. The van der Waals surface area contributed by atoms with E-state index < -0.39 is 0 Å². The zero-order chi connectivity index (χ0) is 14.2. The molecule has 2 aromatic carbocycles. The molecule has 0 aliphatic carbocycles. The third kappa shape index (κ3) is 2.20. The Kier molecular flexibility index (Phi) is 3.11. The summed E-state index contributed by atoms with van der Waals surface area (Å²) in [4.78, 5) is 14.0. The summed E-state index contributed by atoms with van der Waals surface area (Å²) in [6.45, 7) is 1.10. The number of ether oxygens (including phenoxy) is 2. The SMILES string of the molecule is O=C(c1ccc2c(c1)OCCO2)C1CSc2ccccc21. The standard InChI is InChI=1S/C17H14O3S/c18-17(13-10-21-16-4-2-1-3-12(13)16)11-5-6-14-15(9-11)20-8-7-19-14/h1-6,9,13H,7-8,10H2. The smallest absolute Gasteiger partial charge is 0.171 e. The Labute approximate surface area is 127 Å². The van der Waals surface area contributed by atoms with Gasteiger partial charge in [0.1, 0.15) is 13.2 Å². The third-order valence-corrected chi connectivity index (χ3v) is 5.03. The largest absolute Gasteiger partial charge is 0.486 e. The van der Waals surface area contributed by atoms with Crippen LogP contribution < -0.4 is 9.47 Å². The van der Waals surface area contributed by atoms with E-state index in [4.69, 9.17) is 9.47 Å². The lowest BCUT2D eigenvalue weighted by molar-refractivity contribution is 0.0967. The fourth-order valence-corrected chi connectivity index (χ4v) is 4.01. The first kappa shape index (κ1) is 12.8. The molecule has 0 bridgehead atoms. The van der Waals surface area contributed by atoms with E-state index in [1.807, 2.05) is 30.3 Å². The summed E-state index contributed by atoms with van der Waals surface area (Å²) in [6.07, 6.45) is 0. The van der Waals surface area contributed by atoms with Crippen molar-refractivity contribution in [3.8, 4) is 11.5 Å². The van der Waals surface area contributed by atoms with Gasteiger partial charge in [0.25, 0.3) is 0 Å². The molecule has 106 valence electrons. The van der Waals surface area contributed by atoms with Crippen LogP contribution in [-0.4, -0.2) is 24.7 Å². The molecule has 2 aliphatic rings. The van der Waals surface area contributed by atoms with Gasteiger partial charge in [0.05, 0.1) is 5.92 Å². The average Bonchev–Trinajstić information content (AvgIpc) is 2.98. The lowest BCUT2D eigenvalue weighted by Gasteiger charge is -2.19. The summed E-state index contributed by atoms with van der Waals surface area (Å²) < 4.78 is 11.1. The molecule has 4 heteroatoms. The van der Waals surface area contributed by atoms with Gasteiger partial charge in [0, 0.05) is 16.2 Å². The van der Waals surface area contributed by atoms with Gasteiger partial charge in [-0.2, -0.15) is 0 Å². The highest BCUT2D eigenvalue weighted by Crippen LogP contribution is 2.41. The van der Waals surface area contributed by atoms with Crippen LogP contribution in [0.25, 0.3) is 0 Å². The molecule has 0 radical (unpaired) electrons. The van der Waals surface area contributed by atoms with Gasteiger partial charge in [-0.3, -0.25) is 4.79 Å². The summed E-state index contributed by atoms with van der Waals surface area (Å²) in [5.41, 5.74) is 1.84. The van der Waals surface area contributed by atoms with Crippen molar-refractivity contribution in [2.24, 2.45) is 0 Å². The van der Waals surface area contributed by atoms with Crippen LogP contribution in [0.2, 0.25) is 0 Å². The molecular formula is C17H14O3S. The molecule has 2 aromatic rings. The fraction of sp³-hybridized carbons (Fsp3) is 0.235. The number of carbonyl (C=O) groups is 1. The molecule has 0 N–H and O–H groups in total. The van der Waals surface area contributed by atoms with E-state index in [1.54, 1.807) is 11.8 Å². The van der Waals surface area contributed by atoms with Crippen LogP contribution in [0.3, 0.4) is 0 Å². The summed E-state index contributed by atoms with van der Waals surface area (Å²) in [5, 5.41) is 0. The van der Waals surface area contributed by atoms with Crippen molar-refractivity contribution in [3.05, 3.63) is 53.6 Å². The van der Waals surface area contributed by atoms with Gasteiger partial charge in [-0.05, 0) is 29.8 Å². The van der Waals surface area contributed by atoms with E-state index in [0.717, 1.165) is 17.1 Å². The number of hydrogen-bond donors (Lipinski definition) is 0. The van der Waals surface area contributed by atoms with Gasteiger partial charge in [-0.15, -0.1) is 11.8 Å². The quantitative estimate of drug-likeness (QED) is 0.795. The van der Waals surface area contributed by atoms with Crippen molar-refractivity contribution in [2.75, 3.05) is 19.0 Å². The summed E-state index contributed by atoms with van der Waals surface area (Å²) in [5.74, 6) is 2.30. The molecule has 0 amide bonds. The van der Waals surface area contributed by atoms with Crippen LogP contribution in [0.5, 0.6) is 11.5 Å². The predicted octanol–water partition coefficient (Wildman–Crippen LogP) is 3.53. The molecule has 2 heterocycles. The monoisotopic (exact) mass is 298 g/mol. The molecule has 3 nitrogen and oxygen atoms in total. The number of ketones is 1. The molecular weight excluding hydrogens is 284 g/mol. The van der Waals surface area contributed by atoms with Crippen molar-refractivity contribution in [1.82, 2.24) is 0 Å². The molecule has 0 saturated carbocycles. The van der Waals surface area contributed by atoms with Crippen LogP contribution >= 0.6 is 11.8 Å². The maximum atomic E-state index is 12.8. The zero-order valence-electron chi connectivity index (χ0n) is 11.4. The second-order valence-electron chi connectivity index (χ2n) is 5.12. The average molecular weight is 298 g/mol. The van der Waals surface area contributed by atoms with Gasteiger partial charge in [-0.1, -0.05) is 18.2 Å². The Morgan fingerprint density at radius 1 is 1.05 bits per heavy atom. The predicted molar refractivity (Wildman–Crippen MR) is 81.7 cm³/mol. The van der Waals surface area contributed by atoms with Crippen molar-refractivity contribution in [3.63, 3.8) is 0 Å². The van der Waals surface area contributed by atoms with E-state index in [2.05, 4.69) is 12.1 Å². The number of carbonyl (C=O) groups excluding carboxylic acids is 1. The second kappa shape index (κ2) is 5.11. The van der Waals surface area contributed by atoms with Gasteiger partial charge >= 0.3 is 0 Å². The van der Waals surface area contributed by atoms with E-state index >= 15 is 0 Å². The van der Waals surface area contributed by atoms with Crippen molar-refractivity contribution in [1.29, 1.82) is 0 Å². The summed E-state index contributed by atoms with van der Waals surface area (Å²) in [7, 11) is 0. The molecule has 0 aromatic heterocycles. The molecule has 1 unspecified atom stereocenters. The first-order valence-corrected chi connectivity index (χ1v) is 7.97. The lowest BCUT2D eigenvalue weighted by Crippen LogP contribution is -2.17. The molecule has 1 atom stereocenters. The van der Waals surface area contributed by atoms with E-state index in [9.17, 15) is 4.79 Å². The van der Waals surface area contributed by atoms with Crippen molar-refractivity contribution in [2.45, 2.75) is 10.8 Å². The Bertz CT molecular complexity index is 711. The van der Waals surface area contributed by atoms with Gasteiger partial charge in [-0.25, -0.2) is 0 Å². The van der Waals surface area contributed by atoms with Gasteiger partial charge in [0.15, 0.2) is 17.3 Å². The minimum atomic E-state index is -0.0613. The number of rotatable bonds is 2. The Morgan fingerprint density at radius 3 is 2.76 bits per heavy atom. The Morgan fingerprint density at radius 2 is 1.86 bits per heavy atom. The first-order valence-electron chi connectivity index (χ1n) is 6.98. The lowest BCUT2D eigenvalue weighted by atomic mass is 9.92. The van der Waals surface area contributed by atoms with Gasteiger partial charge < -0.3 is 9.47 Å². The molecule has 21 heavy (non-hydrogen) atoms. The number of hydrogen-bond acceptors (Lipinski definition) is 4. The maximum Gasteiger partial charge on any atom is 0.171 e. The summed E-state index contributed by atoms with van der Waals surface area (Å²) in [6, 6.07) is 13.6. The topological polar surface area (TPSA) is 35.5 Å². The van der Waals surface area contributed by atoms with E-state index in [1.165, 1.54) is 4.90 Å². The van der Waals surface area contributed by atoms with Crippen LogP contribution in [0.4, 0.5) is 0 Å². The van der Waals surface area contributed by atoms with Crippen LogP contribution in [0, 0.1) is 0 Å². The molecule has 0 fully saturated rings. The van der Waals surface area contributed by atoms with Crippen molar-refractivity contribution >= 4 is 17.5 Å². The maximum absolute atomic E-state index is 12.8. The van der Waals surface area contributed by atoms with Gasteiger partial charge in [0.2, 0.25) is 0 Å². The number of fused-ring (bicyclic) bond motifs is 2. The van der Waals surface area contributed by atoms with E-state index in [0.29, 0.717) is 24.5 Å². The van der Waals surface area contributed by atoms with E-state index in [-0.39, 0.29) is 11.7 Å².